The number of nitrogens with two attached hydrogens (primary N) is 1. The molecule has 1 heterocycles. The predicted molar refractivity (Wildman–Crippen MR) is 83.5 cm³/mol. The summed E-state index contributed by atoms with van der Waals surface area (Å²) in [6.07, 6.45) is 2.00. The molecule has 1 aromatic heterocycles. The van der Waals surface area contributed by atoms with Gasteiger partial charge in [-0.2, -0.15) is 0 Å². The van der Waals surface area contributed by atoms with Gasteiger partial charge in [-0.3, -0.25) is 0 Å². The Balaban J connectivity index is 2.11. The first-order chi connectivity index (χ1) is 8.72. The normalized spacial score (nSPS) is 12.6. The van der Waals surface area contributed by atoms with Crippen molar-refractivity contribution in [2.75, 3.05) is 12.8 Å². The number of benzene rings is 1. The Morgan fingerprint density at radius 3 is 2.50 bits per heavy atom. The van der Waals surface area contributed by atoms with Crippen molar-refractivity contribution in [1.29, 1.82) is 0 Å². The van der Waals surface area contributed by atoms with Crippen molar-refractivity contribution < 1.29 is 0 Å². The fourth-order valence-electron chi connectivity index (χ4n) is 1.38. The van der Waals surface area contributed by atoms with Crippen LogP contribution in [0.4, 0.5) is 0 Å². The Kier molecular flexibility index (Phi) is 5.50. The quantitative estimate of drug-likeness (QED) is 0.820. The highest BCUT2D eigenvalue weighted by Gasteiger charge is 2.14. The van der Waals surface area contributed by atoms with Crippen LogP contribution in [0.15, 0.2) is 37.4 Å². The van der Waals surface area contributed by atoms with Crippen LogP contribution in [0.25, 0.3) is 0 Å². The molecule has 1 atom stereocenters. The lowest BCUT2D eigenvalue weighted by Gasteiger charge is -2.12. The minimum atomic E-state index is 0.223. The maximum atomic E-state index is 5.85. The zero-order chi connectivity index (χ0) is 13.0. The third-order valence-electron chi connectivity index (χ3n) is 2.26. The van der Waals surface area contributed by atoms with Crippen molar-refractivity contribution in [3.8, 4) is 0 Å². The van der Waals surface area contributed by atoms with Crippen LogP contribution in [-0.2, 0) is 0 Å². The number of hydrogen-bond acceptors (Lipinski definition) is 6. The molecule has 1 aromatic carbocycles. The van der Waals surface area contributed by atoms with Gasteiger partial charge >= 0.3 is 0 Å². The van der Waals surface area contributed by atoms with Gasteiger partial charge in [0.2, 0.25) is 0 Å². The second-order valence-corrected chi connectivity index (χ2v) is 7.83. The van der Waals surface area contributed by atoms with E-state index in [-0.39, 0.29) is 5.25 Å². The summed E-state index contributed by atoms with van der Waals surface area (Å²) in [6.45, 7) is 0.584. The van der Waals surface area contributed by atoms with E-state index in [0.717, 1.165) is 13.2 Å². The van der Waals surface area contributed by atoms with Gasteiger partial charge < -0.3 is 5.73 Å². The second-order valence-electron chi connectivity index (χ2n) is 3.43. The van der Waals surface area contributed by atoms with Gasteiger partial charge in [-0.15, -0.1) is 10.2 Å². The smallest absolute Gasteiger partial charge is 0.175 e. The molecule has 0 aliphatic heterocycles. The summed E-state index contributed by atoms with van der Waals surface area (Å²) in [4.78, 5) is 0. The Hall–Kier alpha value is -0.0800. The average Bonchev–Trinajstić information content (AvgIpc) is 2.85. The van der Waals surface area contributed by atoms with Gasteiger partial charge in [0, 0.05) is 16.3 Å². The van der Waals surface area contributed by atoms with Crippen LogP contribution in [0.1, 0.15) is 10.8 Å². The van der Waals surface area contributed by atoms with Gasteiger partial charge in [-0.05, 0) is 24.0 Å². The summed E-state index contributed by atoms with van der Waals surface area (Å²) in [7, 11) is 0. The molecule has 0 aliphatic carbocycles. The molecule has 2 rings (SSSR count). The highest BCUT2D eigenvalue weighted by atomic mass is 79.9. The molecular weight excluding hydrogens is 350 g/mol. The van der Waals surface area contributed by atoms with E-state index in [2.05, 4.69) is 38.3 Å². The lowest BCUT2D eigenvalue weighted by Crippen LogP contribution is -2.09. The second kappa shape index (κ2) is 6.91. The third kappa shape index (κ3) is 3.71. The van der Waals surface area contributed by atoms with E-state index < -0.39 is 0 Å². The van der Waals surface area contributed by atoms with Gasteiger partial charge in [0.25, 0.3) is 0 Å². The Labute approximate surface area is 127 Å². The van der Waals surface area contributed by atoms with Crippen LogP contribution < -0.4 is 5.73 Å². The van der Waals surface area contributed by atoms with Crippen molar-refractivity contribution >= 4 is 50.8 Å². The lowest BCUT2D eigenvalue weighted by molar-refractivity contribution is 0.921. The number of rotatable bonds is 5. The molecule has 0 fully saturated rings. The first kappa shape index (κ1) is 14.3. The van der Waals surface area contributed by atoms with Crippen LogP contribution in [-0.4, -0.2) is 23.0 Å². The van der Waals surface area contributed by atoms with Crippen molar-refractivity contribution in [3.63, 3.8) is 0 Å². The van der Waals surface area contributed by atoms with E-state index in [1.807, 2.05) is 18.4 Å². The van der Waals surface area contributed by atoms with Gasteiger partial charge in [0.05, 0.1) is 0 Å². The first-order valence-electron chi connectivity index (χ1n) is 5.22. The molecule has 2 aromatic rings. The molecule has 0 bridgehead atoms. The van der Waals surface area contributed by atoms with Gasteiger partial charge in [0.15, 0.2) is 8.68 Å². The minimum Gasteiger partial charge on any atom is -0.329 e. The van der Waals surface area contributed by atoms with E-state index in [0.29, 0.717) is 6.54 Å². The largest absolute Gasteiger partial charge is 0.329 e. The molecule has 0 amide bonds. The van der Waals surface area contributed by atoms with Crippen molar-refractivity contribution in [3.05, 3.63) is 34.3 Å². The van der Waals surface area contributed by atoms with Crippen molar-refractivity contribution in [2.45, 2.75) is 13.9 Å². The number of hydrogen-bond donors (Lipinski definition) is 1. The molecule has 0 aliphatic rings. The van der Waals surface area contributed by atoms with E-state index in [4.69, 9.17) is 5.73 Å². The molecule has 1 unspecified atom stereocenters. The molecule has 3 nitrogen and oxygen atoms in total. The molecule has 0 radical (unpaired) electrons. The highest BCUT2D eigenvalue weighted by Crippen LogP contribution is 2.37. The standard InChI is InChI=1S/C11H12BrN3S3/c1-16-10-14-15-11(18-10)17-9(6-13)7-2-4-8(12)5-3-7/h2-5,9H,6,13H2,1H3. The van der Waals surface area contributed by atoms with Gasteiger partial charge in [0.1, 0.15) is 0 Å². The number of nitrogens with zero attached hydrogens (tertiary/aromatic N) is 2. The van der Waals surface area contributed by atoms with Crippen molar-refractivity contribution in [2.24, 2.45) is 5.73 Å². The maximum Gasteiger partial charge on any atom is 0.175 e. The molecule has 96 valence electrons. The molecule has 2 N–H and O–H groups in total. The zero-order valence-corrected chi connectivity index (χ0v) is 13.7. The summed E-state index contributed by atoms with van der Waals surface area (Å²) in [5.74, 6) is 0. The summed E-state index contributed by atoms with van der Waals surface area (Å²) in [6, 6.07) is 8.24. The molecule has 18 heavy (non-hydrogen) atoms. The first-order valence-corrected chi connectivity index (χ1v) is 8.94. The van der Waals surface area contributed by atoms with E-state index in [9.17, 15) is 0 Å². The van der Waals surface area contributed by atoms with Crippen LogP contribution in [0, 0.1) is 0 Å². The SMILES string of the molecule is CSc1nnc(SC(CN)c2ccc(Br)cc2)s1. The zero-order valence-electron chi connectivity index (χ0n) is 9.67. The average molecular weight is 362 g/mol. The molecule has 0 spiro atoms. The molecule has 0 saturated heterocycles. The third-order valence-corrected chi connectivity index (χ3v) is 6.05. The summed E-state index contributed by atoms with van der Waals surface area (Å²) in [5, 5.41) is 8.48. The monoisotopic (exact) mass is 361 g/mol. The Bertz CT molecular complexity index is 500. The fraction of sp³-hybridized carbons (Fsp3) is 0.273. The summed E-state index contributed by atoms with van der Waals surface area (Å²) < 4.78 is 3.04. The Morgan fingerprint density at radius 2 is 1.94 bits per heavy atom. The van der Waals surface area contributed by atoms with Crippen LogP contribution in [0.2, 0.25) is 0 Å². The van der Waals surface area contributed by atoms with Gasteiger partial charge in [-0.1, -0.05) is 62.9 Å². The molecular formula is C11H12BrN3S3. The van der Waals surface area contributed by atoms with Crippen LogP contribution >= 0.6 is 50.8 Å². The summed E-state index contributed by atoms with van der Waals surface area (Å²) >= 11 is 8.34. The van der Waals surface area contributed by atoms with Gasteiger partial charge in [-0.25, -0.2) is 0 Å². The van der Waals surface area contributed by atoms with E-state index in [1.165, 1.54) is 5.56 Å². The highest BCUT2D eigenvalue weighted by molar-refractivity contribution is 9.10. The van der Waals surface area contributed by atoms with E-state index >= 15 is 0 Å². The number of halogens is 1. The predicted octanol–water partition coefficient (Wildman–Crippen LogP) is 3.81. The lowest BCUT2D eigenvalue weighted by atomic mass is 10.1. The van der Waals surface area contributed by atoms with Crippen LogP contribution in [0.5, 0.6) is 0 Å². The van der Waals surface area contributed by atoms with Crippen molar-refractivity contribution in [1.82, 2.24) is 10.2 Å². The fourth-order valence-corrected chi connectivity index (χ4v) is 4.31. The minimum absolute atomic E-state index is 0.223. The topological polar surface area (TPSA) is 51.8 Å². The molecule has 7 heteroatoms. The van der Waals surface area contributed by atoms with E-state index in [1.54, 1.807) is 34.9 Å². The number of aromatic nitrogens is 2. The molecule has 0 saturated carbocycles. The number of thioether (sulfide) groups is 2. The van der Waals surface area contributed by atoms with Crippen LogP contribution in [0.3, 0.4) is 0 Å². The summed E-state index contributed by atoms with van der Waals surface area (Å²) in [5.41, 5.74) is 7.06. The maximum absolute atomic E-state index is 5.85. The Morgan fingerprint density at radius 1 is 1.28 bits per heavy atom.